The lowest BCUT2D eigenvalue weighted by Crippen LogP contribution is -2.16. The minimum absolute atomic E-state index is 0.00322. The first-order valence-electron chi connectivity index (χ1n) is 4.72. The number of hydrogen-bond acceptors (Lipinski definition) is 3. The van der Waals surface area contributed by atoms with Gasteiger partial charge in [-0.15, -0.1) is 0 Å². The molecule has 0 saturated heterocycles. The third-order valence-corrected chi connectivity index (χ3v) is 2.20. The van der Waals surface area contributed by atoms with E-state index in [2.05, 4.69) is 25.9 Å². The van der Waals surface area contributed by atoms with Gasteiger partial charge in [0.05, 0.1) is 18.4 Å². The van der Waals surface area contributed by atoms with Gasteiger partial charge >= 0.3 is 0 Å². The summed E-state index contributed by atoms with van der Waals surface area (Å²) in [6.07, 6.45) is 0. The fraction of sp³-hybridized carbons (Fsp3) is 0.700. The van der Waals surface area contributed by atoms with Crippen molar-refractivity contribution in [3.63, 3.8) is 0 Å². The smallest absolute Gasteiger partial charge is 0.216 e. The number of hydrogen-bond donors (Lipinski definition) is 1. The average Bonchev–Trinajstić information content (AvgIpc) is 2.40. The van der Waals surface area contributed by atoms with Gasteiger partial charge in [-0.1, -0.05) is 20.8 Å². The summed E-state index contributed by atoms with van der Waals surface area (Å²) >= 11 is 0. The van der Waals surface area contributed by atoms with E-state index >= 15 is 0 Å². The summed E-state index contributed by atoms with van der Waals surface area (Å²) in [4.78, 5) is 0. The van der Waals surface area contributed by atoms with Crippen molar-refractivity contribution in [2.45, 2.75) is 32.7 Å². The zero-order valence-electron chi connectivity index (χ0n) is 9.59. The van der Waals surface area contributed by atoms with Crippen molar-refractivity contribution in [2.24, 2.45) is 12.8 Å². The predicted molar refractivity (Wildman–Crippen MR) is 56.4 cm³/mol. The summed E-state index contributed by atoms with van der Waals surface area (Å²) in [7, 11) is 3.51. The van der Waals surface area contributed by atoms with E-state index in [-0.39, 0.29) is 5.41 Å². The number of rotatable bonds is 2. The highest BCUT2D eigenvalue weighted by Crippen LogP contribution is 2.30. The van der Waals surface area contributed by atoms with Crippen LogP contribution in [0.2, 0.25) is 0 Å². The molecule has 0 aromatic carbocycles. The Kier molecular flexibility index (Phi) is 2.85. The molecule has 4 heteroatoms. The normalized spacial score (nSPS) is 11.9. The molecule has 14 heavy (non-hydrogen) atoms. The van der Waals surface area contributed by atoms with Crippen LogP contribution in [0.3, 0.4) is 0 Å². The molecule has 80 valence electrons. The van der Waals surface area contributed by atoms with E-state index < -0.39 is 0 Å². The maximum atomic E-state index is 5.70. The monoisotopic (exact) mass is 197 g/mol. The zero-order valence-corrected chi connectivity index (χ0v) is 9.59. The fourth-order valence-electron chi connectivity index (χ4n) is 1.59. The molecule has 0 unspecified atom stereocenters. The molecular weight excluding hydrogens is 178 g/mol. The van der Waals surface area contributed by atoms with Crippen LogP contribution in [0.25, 0.3) is 0 Å². The van der Waals surface area contributed by atoms with Gasteiger partial charge in [-0.2, -0.15) is 5.10 Å². The molecular formula is C10H19N3O. The molecule has 1 rings (SSSR count). The van der Waals surface area contributed by atoms with E-state index in [1.807, 2.05) is 7.05 Å². The summed E-state index contributed by atoms with van der Waals surface area (Å²) in [5.74, 6) is 0.762. The van der Waals surface area contributed by atoms with Crippen LogP contribution in [0, 0.1) is 0 Å². The van der Waals surface area contributed by atoms with Gasteiger partial charge in [-0.3, -0.25) is 0 Å². The third-order valence-electron chi connectivity index (χ3n) is 2.20. The van der Waals surface area contributed by atoms with Gasteiger partial charge in [0.2, 0.25) is 5.88 Å². The van der Waals surface area contributed by atoms with Crippen LogP contribution in [0.1, 0.15) is 32.0 Å². The minimum Gasteiger partial charge on any atom is -0.481 e. The highest BCUT2D eigenvalue weighted by Gasteiger charge is 2.25. The quantitative estimate of drug-likeness (QED) is 0.774. The number of ether oxygens (including phenoxy) is 1. The van der Waals surface area contributed by atoms with Crippen molar-refractivity contribution in [3.8, 4) is 5.88 Å². The summed E-state index contributed by atoms with van der Waals surface area (Å²) in [6.45, 7) is 6.82. The van der Waals surface area contributed by atoms with Crippen LogP contribution in [-0.2, 0) is 19.0 Å². The van der Waals surface area contributed by atoms with Crippen molar-refractivity contribution in [1.29, 1.82) is 0 Å². The third kappa shape index (κ3) is 1.75. The van der Waals surface area contributed by atoms with Crippen molar-refractivity contribution in [1.82, 2.24) is 9.78 Å². The van der Waals surface area contributed by atoms with Crippen LogP contribution >= 0.6 is 0 Å². The lowest BCUT2D eigenvalue weighted by atomic mass is 9.89. The van der Waals surface area contributed by atoms with Crippen molar-refractivity contribution in [2.75, 3.05) is 7.11 Å². The molecule has 2 N–H and O–H groups in total. The van der Waals surface area contributed by atoms with Gasteiger partial charge in [-0.25, -0.2) is 4.68 Å². The molecule has 0 bridgehead atoms. The Hall–Kier alpha value is -1.03. The lowest BCUT2D eigenvalue weighted by molar-refractivity contribution is 0.369. The Morgan fingerprint density at radius 1 is 1.43 bits per heavy atom. The first-order chi connectivity index (χ1) is 6.41. The van der Waals surface area contributed by atoms with Crippen LogP contribution in [0.15, 0.2) is 0 Å². The van der Waals surface area contributed by atoms with Gasteiger partial charge < -0.3 is 10.5 Å². The summed E-state index contributed by atoms with van der Waals surface area (Å²) in [5, 5.41) is 4.44. The Bertz CT molecular complexity index is 323. The Labute approximate surface area is 85.0 Å². The van der Waals surface area contributed by atoms with E-state index in [9.17, 15) is 0 Å². The first-order valence-corrected chi connectivity index (χ1v) is 4.72. The summed E-state index contributed by atoms with van der Waals surface area (Å²) in [5.41, 5.74) is 7.72. The second-order valence-electron chi connectivity index (χ2n) is 4.41. The van der Waals surface area contributed by atoms with Gasteiger partial charge in [-0.05, 0) is 0 Å². The van der Waals surface area contributed by atoms with Gasteiger partial charge in [0, 0.05) is 19.0 Å². The Balaban J connectivity index is 3.31. The topological polar surface area (TPSA) is 53.1 Å². The molecule has 0 aliphatic carbocycles. The highest BCUT2D eigenvalue weighted by atomic mass is 16.5. The maximum Gasteiger partial charge on any atom is 0.216 e. The van der Waals surface area contributed by atoms with Crippen LogP contribution in [-0.4, -0.2) is 16.9 Å². The van der Waals surface area contributed by atoms with Gasteiger partial charge in [0.15, 0.2) is 0 Å². The van der Waals surface area contributed by atoms with E-state index in [1.54, 1.807) is 11.8 Å². The van der Waals surface area contributed by atoms with Crippen LogP contribution in [0.4, 0.5) is 0 Å². The molecule has 1 heterocycles. The molecule has 0 fully saturated rings. The highest BCUT2D eigenvalue weighted by molar-refractivity contribution is 5.35. The van der Waals surface area contributed by atoms with Crippen molar-refractivity contribution < 1.29 is 4.74 Å². The number of aromatic nitrogens is 2. The second kappa shape index (κ2) is 3.61. The molecule has 0 spiro atoms. The molecule has 0 saturated carbocycles. The number of methoxy groups -OCH3 is 1. The molecule has 0 aliphatic rings. The predicted octanol–water partition coefficient (Wildman–Crippen LogP) is 1.18. The average molecular weight is 197 g/mol. The standard InChI is InChI=1S/C10H19N3O/c1-10(2,3)8-7(6-11)9(14-5)13(4)12-8/h6,11H2,1-5H3. The molecule has 0 amide bonds. The minimum atomic E-state index is 0.00322. The Morgan fingerprint density at radius 3 is 2.36 bits per heavy atom. The fourth-order valence-corrected chi connectivity index (χ4v) is 1.59. The van der Waals surface area contributed by atoms with Crippen LogP contribution < -0.4 is 10.5 Å². The van der Waals surface area contributed by atoms with Crippen molar-refractivity contribution >= 4 is 0 Å². The van der Waals surface area contributed by atoms with Crippen LogP contribution in [0.5, 0.6) is 5.88 Å². The lowest BCUT2D eigenvalue weighted by Gasteiger charge is -2.16. The molecule has 1 aromatic heterocycles. The Morgan fingerprint density at radius 2 is 2.00 bits per heavy atom. The largest absolute Gasteiger partial charge is 0.481 e. The molecule has 0 aliphatic heterocycles. The summed E-state index contributed by atoms with van der Waals surface area (Å²) in [6, 6.07) is 0. The molecule has 0 atom stereocenters. The van der Waals surface area contributed by atoms with E-state index in [4.69, 9.17) is 10.5 Å². The second-order valence-corrected chi connectivity index (χ2v) is 4.41. The molecule has 1 aromatic rings. The number of nitrogens with zero attached hydrogens (tertiary/aromatic N) is 2. The summed E-state index contributed by atoms with van der Waals surface area (Å²) < 4.78 is 7.00. The number of aryl methyl sites for hydroxylation is 1. The van der Waals surface area contributed by atoms with Gasteiger partial charge in [0.25, 0.3) is 0 Å². The van der Waals surface area contributed by atoms with E-state index in [0.29, 0.717) is 6.54 Å². The molecule has 4 nitrogen and oxygen atoms in total. The van der Waals surface area contributed by atoms with E-state index in [0.717, 1.165) is 17.1 Å². The van der Waals surface area contributed by atoms with E-state index in [1.165, 1.54) is 0 Å². The maximum absolute atomic E-state index is 5.70. The zero-order chi connectivity index (χ0) is 10.9. The number of nitrogens with two attached hydrogens (primary N) is 1. The first kappa shape index (κ1) is 11.0. The molecule has 0 radical (unpaired) electrons. The SMILES string of the molecule is COc1c(CN)c(C(C)(C)C)nn1C. The van der Waals surface area contributed by atoms with Gasteiger partial charge in [0.1, 0.15) is 0 Å². The van der Waals surface area contributed by atoms with Crippen molar-refractivity contribution in [3.05, 3.63) is 11.3 Å².